The van der Waals surface area contributed by atoms with Gasteiger partial charge in [-0.25, -0.2) is 0 Å². The fourth-order valence-corrected chi connectivity index (χ4v) is 4.01. The van der Waals surface area contributed by atoms with Crippen molar-refractivity contribution in [1.82, 2.24) is 9.88 Å². The number of likely N-dealkylation sites (tertiary alicyclic amines) is 1. The number of carboxylic acids is 1. The summed E-state index contributed by atoms with van der Waals surface area (Å²) in [5.74, 6) is 0.650. The Morgan fingerprint density at radius 1 is 1.17 bits per heavy atom. The molecule has 0 aliphatic carbocycles. The lowest BCUT2D eigenvalue weighted by molar-refractivity contribution is -0.146. The maximum absolute atomic E-state index is 12.0. The molecule has 1 N–H and O–H groups in total. The van der Waals surface area contributed by atoms with Crippen LogP contribution in [0.3, 0.4) is 0 Å². The summed E-state index contributed by atoms with van der Waals surface area (Å²) >= 11 is 0. The molecule has 2 heterocycles. The minimum absolute atomic E-state index is 0.0961. The number of rotatable bonds is 9. The Kier molecular flexibility index (Phi) is 7.47. The Morgan fingerprint density at radius 2 is 1.97 bits per heavy atom. The van der Waals surface area contributed by atoms with Crippen LogP contribution in [0.25, 0.3) is 0 Å². The summed E-state index contributed by atoms with van der Waals surface area (Å²) < 4.78 is 11.5. The number of hydrogen-bond donors (Lipinski definition) is 1. The fraction of sp³-hybridized carbons (Fsp3) is 0.478. The lowest BCUT2D eigenvalue weighted by Crippen LogP contribution is -2.47. The molecule has 0 amide bonds. The Labute approximate surface area is 172 Å². The lowest BCUT2D eigenvalue weighted by atomic mass is 9.93. The summed E-state index contributed by atoms with van der Waals surface area (Å²) in [5, 5.41) is 9.82. The number of benzene rings is 1. The summed E-state index contributed by atoms with van der Waals surface area (Å²) in [7, 11) is 0. The normalized spacial score (nSPS) is 18.2. The largest absolute Gasteiger partial charge is 0.490 e. The van der Waals surface area contributed by atoms with Gasteiger partial charge in [0.1, 0.15) is 6.04 Å². The highest BCUT2D eigenvalue weighted by Crippen LogP contribution is 2.36. The first-order valence-corrected chi connectivity index (χ1v) is 10.4. The number of aromatic nitrogens is 1. The molecule has 0 spiro atoms. The molecule has 0 radical (unpaired) electrons. The van der Waals surface area contributed by atoms with Crippen molar-refractivity contribution in [2.45, 2.75) is 51.6 Å². The number of aliphatic carboxylic acids is 1. The molecule has 156 valence electrons. The Balaban J connectivity index is 2.00. The van der Waals surface area contributed by atoms with Gasteiger partial charge in [0.2, 0.25) is 0 Å². The second-order valence-electron chi connectivity index (χ2n) is 7.20. The highest BCUT2D eigenvalue weighted by molar-refractivity contribution is 5.73. The zero-order chi connectivity index (χ0) is 20.6. The van der Waals surface area contributed by atoms with E-state index in [2.05, 4.69) is 9.88 Å². The molecule has 1 aliphatic heterocycles. The van der Waals surface area contributed by atoms with Crippen LogP contribution in [0.2, 0.25) is 0 Å². The van der Waals surface area contributed by atoms with E-state index in [4.69, 9.17) is 9.47 Å². The molecule has 2 unspecified atom stereocenters. The quantitative estimate of drug-likeness (QED) is 0.686. The van der Waals surface area contributed by atoms with Gasteiger partial charge in [-0.05, 0) is 63.1 Å². The van der Waals surface area contributed by atoms with Crippen molar-refractivity contribution in [3.63, 3.8) is 0 Å². The number of pyridine rings is 1. The predicted octanol–water partition coefficient (Wildman–Crippen LogP) is 4.10. The van der Waals surface area contributed by atoms with Gasteiger partial charge in [-0.15, -0.1) is 0 Å². The van der Waals surface area contributed by atoms with Gasteiger partial charge in [0.25, 0.3) is 0 Å². The number of ether oxygens (including phenoxy) is 2. The van der Waals surface area contributed by atoms with Crippen LogP contribution in [-0.4, -0.2) is 46.8 Å². The van der Waals surface area contributed by atoms with Crippen LogP contribution in [0.5, 0.6) is 11.5 Å². The predicted molar refractivity (Wildman–Crippen MR) is 111 cm³/mol. The third-order valence-electron chi connectivity index (χ3n) is 5.31. The van der Waals surface area contributed by atoms with Crippen molar-refractivity contribution in [3.05, 3.63) is 53.9 Å². The molecule has 3 rings (SSSR count). The van der Waals surface area contributed by atoms with Gasteiger partial charge in [0, 0.05) is 24.4 Å². The maximum Gasteiger partial charge on any atom is 0.320 e. The van der Waals surface area contributed by atoms with E-state index < -0.39 is 12.0 Å². The smallest absolute Gasteiger partial charge is 0.320 e. The number of piperidine rings is 1. The van der Waals surface area contributed by atoms with Crippen LogP contribution in [-0.2, 0) is 11.2 Å². The molecule has 2 aromatic rings. The molecular weight excluding hydrogens is 368 g/mol. The van der Waals surface area contributed by atoms with E-state index in [9.17, 15) is 9.90 Å². The molecule has 2 atom stereocenters. The first-order valence-electron chi connectivity index (χ1n) is 10.4. The average molecular weight is 399 g/mol. The fourth-order valence-electron chi connectivity index (χ4n) is 4.01. The summed E-state index contributed by atoms with van der Waals surface area (Å²) in [6.45, 7) is 5.74. The molecule has 29 heavy (non-hydrogen) atoms. The van der Waals surface area contributed by atoms with Crippen LogP contribution in [0.4, 0.5) is 0 Å². The standard InChI is InChI=1S/C23H30N2O4/c1-3-28-21-12-11-17(15-22(21)29-4-2)20(16-18-9-5-7-13-24-18)25-14-8-6-10-19(25)23(26)27/h5,7,9,11-13,15,19-20H,3-4,6,8,10,14,16H2,1-2H3,(H,26,27). The molecule has 1 saturated heterocycles. The second-order valence-corrected chi connectivity index (χ2v) is 7.20. The van der Waals surface area contributed by atoms with E-state index in [-0.39, 0.29) is 6.04 Å². The molecule has 6 heteroatoms. The molecular formula is C23H30N2O4. The van der Waals surface area contributed by atoms with Crippen LogP contribution in [0, 0.1) is 0 Å². The van der Waals surface area contributed by atoms with Crippen molar-refractivity contribution < 1.29 is 19.4 Å². The molecule has 1 aromatic carbocycles. The highest BCUT2D eigenvalue weighted by Gasteiger charge is 2.34. The van der Waals surface area contributed by atoms with Gasteiger partial charge in [-0.1, -0.05) is 18.6 Å². The van der Waals surface area contributed by atoms with E-state index in [1.54, 1.807) is 6.20 Å². The number of carboxylic acid groups (broad SMARTS) is 1. The minimum atomic E-state index is -0.758. The zero-order valence-corrected chi connectivity index (χ0v) is 17.2. The number of nitrogens with zero attached hydrogens (tertiary/aromatic N) is 2. The lowest BCUT2D eigenvalue weighted by Gasteiger charge is -2.39. The van der Waals surface area contributed by atoms with Gasteiger partial charge < -0.3 is 14.6 Å². The molecule has 0 saturated carbocycles. The Morgan fingerprint density at radius 3 is 2.66 bits per heavy atom. The van der Waals surface area contributed by atoms with Crippen molar-refractivity contribution in [3.8, 4) is 11.5 Å². The molecule has 0 bridgehead atoms. The topological polar surface area (TPSA) is 71.9 Å². The summed E-state index contributed by atoms with van der Waals surface area (Å²) in [6, 6.07) is 11.2. The zero-order valence-electron chi connectivity index (χ0n) is 17.2. The summed E-state index contributed by atoms with van der Waals surface area (Å²) in [5.41, 5.74) is 1.97. The maximum atomic E-state index is 12.0. The number of hydrogen-bond acceptors (Lipinski definition) is 5. The van der Waals surface area contributed by atoms with E-state index in [0.29, 0.717) is 37.6 Å². The van der Waals surface area contributed by atoms with Crippen molar-refractivity contribution in [1.29, 1.82) is 0 Å². The Bertz CT molecular complexity index is 797. The van der Waals surface area contributed by atoms with E-state index in [0.717, 1.165) is 30.6 Å². The summed E-state index contributed by atoms with van der Waals surface area (Å²) in [4.78, 5) is 18.6. The van der Waals surface area contributed by atoms with E-state index in [1.807, 2.05) is 50.2 Å². The molecule has 6 nitrogen and oxygen atoms in total. The van der Waals surface area contributed by atoms with E-state index in [1.165, 1.54) is 0 Å². The highest BCUT2D eigenvalue weighted by atomic mass is 16.5. The second kappa shape index (κ2) is 10.3. The van der Waals surface area contributed by atoms with Gasteiger partial charge in [0.15, 0.2) is 11.5 Å². The van der Waals surface area contributed by atoms with Crippen molar-refractivity contribution in [2.75, 3.05) is 19.8 Å². The monoisotopic (exact) mass is 398 g/mol. The number of carbonyl (C=O) groups is 1. The third kappa shape index (κ3) is 5.26. The van der Waals surface area contributed by atoms with Crippen LogP contribution < -0.4 is 9.47 Å². The molecule has 1 aliphatic rings. The third-order valence-corrected chi connectivity index (χ3v) is 5.31. The van der Waals surface area contributed by atoms with Crippen LogP contribution in [0.1, 0.15) is 50.4 Å². The van der Waals surface area contributed by atoms with Gasteiger partial charge >= 0.3 is 5.97 Å². The molecule has 1 fully saturated rings. The average Bonchev–Trinajstić information content (AvgIpc) is 2.74. The van der Waals surface area contributed by atoms with Gasteiger partial charge in [-0.2, -0.15) is 0 Å². The van der Waals surface area contributed by atoms with Gasteiger partial charge in [0.05, 0.1) is 13.2 Å². The minimum Gasteiger partial charge on any atom is -0.490 e. The summed E-state index contributed by atoms with van der Waals surface area (Å²) in [6.07, 6.45) is 5.03. The van der Waals surface area contributed by atoms with E-state index >= 15 is 0 Å². The molecule has 1 aromatic heterocycles. The van der Waals surface area contributed by atoms with Crippen LogP contribution >= 0.6 is 0 Å². The SMILES string of the molecule is CCOc1ccc(C(Cc2ccccn2)N2CCCCC2C(=O)O)cc1OCC. The van der Waals surface area contributed by atoms with Gasteiger partial charge in [-0.3, -0.25) is 14.7 Å². The first kappa shape index (κ1) is 21.1. The first-order chi connectivity index (χ1) is 14.1. The Hall–Kier alpha value is -2.60. The van der Waals surface area contributed by atoms with Crippen LogP contribution in [0.15, 0.2) is 42.6 Å². The van der Waals surface area contributed by atoms with Crippen molar-refractivity contribution in [2.24, 2.45) is 0 Å². The van der Waals surface area contributed by atoms with Crippen molar-refractivity contribution >= 4 is 5.97 Å².